The highest BCUT2D eigenvalue weighted by atomic mass is 16.2. The fraction of sp³-hybridized carbons (Fsp3) is 0.714. The van der Waals surface area contributed by atoms with E-state index >= 15 is 0 Å². The van der Waals surface area contributed by atoms with Crippen molar-refractivity contribution in [2.24, 2.45) is 5.92 Å². The normalized spacial score (nSPS) is 11.9. The Kier molecular flexibility index (Phi) is 8.08. The molecular formula is C14H22O4. The van der Waals surface area contributed by atoms with E-state index in [9.17, 15) is 19.2 Å². The van der Waals surface area contributed by atoms with E-state index in [4.69, 9.17) is 0 Å². The van der Waals surface area contributed by atoms with Gasteiger partial charge in [-0.25, -0.2) is 0 Å². The van der Waals surface area contributed by atoms with Gasteiger partial charge >= 0.3 is 0 Å². The molecule has 0 aliphatic carbocycles. The topological polar surface area (TPSA) is 68.3 Å². The van der Waals surface area contributed by atoms with Crippen molar-refractivity contribution in [1.82, 2.24) is 0 Å². The van der Waals surface area contributed by atoms with E-state index in [2.05, 4.69) is 0 Å². The van der Waals surface area contributed by atoms with Crippen LogP contribution in [0.15, 0.2) is 0 Å². The molecule has 0 rings (SSSR count). The standard InChI is InChI=1S/C14H22O4/c1-4-5-12(16)9-14(18)7-10(2)6-13(17)8-11(3)15/h10H,4-9H2,1-3H3. The highest BCUT2D eigenvalue weighted by Crippen LogP contribution is 2.12. The number of carbonyl (C=O) groups excluding carboxylic acids is 4. The van der Waals surface area contributed by atoms with Gasteiger partial charge in [-0.1, -0.05) is 13.8 Å². The van der Waals surface area contributed by atoms with Gasteiger partial charge in [0.2, 0.25) is 0 Å². The van der Waals surface area contributed by atoms with Crippen LogP contribution in [0.25, 0.3) is 0 Å². The lowest BCUT2D eigenvalue weighted by Crippen LogP contribution is -2.14. The molecule has 102 valence electrons. The molecule has 0 saturated heterocycles. The van der Waals surface area contributed by atoms with Crippen molar-refractivity contribution in [3.8, 4) is 0 Å². The molecule has 4 heteroatoms. The van der Waals surface area contributed by atoms with Gasteiger partial charge in [0.1, 0.15) is 23.1 Å². The van der Waals surface area contributed by atoms with Gasteiger partial charge in [-0.15, -0.1) is 0 Å². The van der Waals surface area contributed by atoms with Crippen LogP contribution in [0.3, 0.4) is 0 Å². The number of hydrogen-bond acceptors (Lipinski definition) is 4. The molecule has 18 heavy (non-hydrogen) atoms. The van der Waals surface area contributed by atoms with Gasteiger partial charge in [0, 0.05) is 19.3 Å². The summed E-state index contributed by atoms with van der Waals surface area (Å²) in [6.07, 6.45) is 1.56. The summed E-state index contributed by atoms with van der Waals surface area (Å²) in [5.74, 6) is -0.542. The summed E-state index contributed by atoms with van der Waals surface area (Å²) >= 11 is 0. The number of ketones is 4. The highest BCUT2D eigenvalue weighted by Gasteiger charge is 2.16. The summed E-state index contributed by atoms with van der Waals surface area (Å²) in [6.45, 7) is 5.06. The maximum atomic E-state index is 11.5. The first-order chi connectivity index (χ1) is 8.35. The molecule has 0 aromatic rings. The summed E-state index contributed by atoms with van der Waals surface area (Å²) in [5.41, 5.74) is 0. The van der Waals surface area contributed by atoms with Crippen molar-refractivity contribution in [3.63, 3.8) is 0 Å². The Labute approximate surface area is 108 Å². The summed E-state index contributed by atoms with van der Waals surface area (Å²) < 4.78 is 0. The average molecular weight is 254 g/mol. The third-order valence-electron chi connectivity index (χ3n) is 2.52. The Bertz CT molecular complexity index is 331. The van der Waals surface area contributed by atoms with Crippen molar-refractivity contribution < 1.29 is 19.2 Å². The lowest BCUT2D eigenvalue weighted by Gasteiger charge is -2.08. The van der Waals surface area contributed by atoms with Crippen molar-refractivity contribution in [1.29, 1.82) is 0 Å². The van der Waals surface area contributed by atoms with Gasteiger partial charge in [0.15, 0.2) is 0 Å². The molecule has 0 spiro atoms. The van der Waals surface area contributed by atoms with E-state index in [1.165, 1.54) is 6.92 Å². The van der Waals surface area contributed by atoms with Crippen molar-refractivity contribution >= 4 is 23.1 Å². The Morgan fingerprint density at radius 1 is 0.889 bits per heavy atom. The zero-order chi connectivity index (χ0) is 14.1. The van der Waals surface area contributed by atoms with Gasteiger partial charge in [0.05, 0.1) is 12.8 Å². The molecule has 0 heterocycles. The monoisotopic (exact) mass is 254 g/mol. The molecule has 0 N–H and O–H groups in total. The first-order valence-corrected chi connectivity index (χ1v) is 6.39. The van der Waals surface area contributed by atoms with Crippen LogP contribution in [0.1, 0.15) is 59.3 Å². The lowest BCUT2D eigenvalue weighted by molar-refractivity contribution is -0.127. The molecule has 0 aromatic heterocycles. The number of hydrogen-bond donors (Lipinski definition) is 0. The SMILES string of the molecule is CCCC(=O)CC(=O)CC(C)CC(=O)CC(C)=O. The minimum absolute atomic E-state index is 0.0287. The summed E-state index contributed by atoms with van der Waals surface area (Å²) in [5, 5.41) is 0. The molecule has 4 nitrogen and oxygen atoms in total. The third kappa shape index (κ3) is 8.79. The molecule has 0 aliphatic heterocycles. The third-order valence-corrected chi connectivity index (χ3v) is 2.52. The van der Waals surface area contributed by atoms with E-state index < -0.39 is 0 Å². The number of carbonyl (C=O) groups is 4. The fourth-order valence-electron chi connectivity index (χ4n) is 1.86. The van der Waals surface area contributed by atoms with Crippen LogP contribution in [-0.2, 0) is 19.2 Å². The van der Waals surface area contributed by atoms with Gasteiger partial charge in [-0.05, 0) is 19.3 Å². The van der Waals surface area contributed by atoms with Gasteiger partial charge in [-0.2, -0.15) is 0 Å². The van der Waals surface area contributed by atoms with Crippen LogP contribution in [0.5, 0.6) is 0 Å². The van der Waals surface area contributed by atoms with Gasteiger partial charge < -0.3 is 0 Å². The molecule has 0 saturated carbocycles. The molecule has 1 atom stereocenters. The predicted octanol–water partition coefficient (Wildman–Crippen LogP) is 2.28. The Balaban J connectivity index is 3.97. The zero-order valence-electron chi connectivity index (χ0n) is 11.5. The second-order valence-electron chi connectivity index (χ2n) is 4.94. The molecular weight excluding hydrogens is 232 g/mol. The highest BCUT2D eigenvalue weighted by molar-refractivity contribution is 6.00. The fourth-order valence-corrected chi connectivity index (χ4v) is 1.86. The van der Waals surface area contributed by atoms with Crippen LogP contribution in [0.2, 0.25) is 0 Å². The van der Waals surface area contributed by atoms with Crippen LogP contribution in [0.4, 0.5) is 0 Å². The molecule has 0 aromatic carbocycles. The molecule has 0 fully saturated rings. The largest absolute Gasteiger partial charge is 0.300 e. The quantitative estimate of drug-likeness (QED) is 0.561. The first-order valence-electron chi connectivity index (χ1n) is 6.39. The van der Waals surface area contributed by atoms with Crippen LogP contribution in [0, 0.1) is 5.92 Å². The van der Waals surface area contributed by atoms with Crippen LogP contribution in [-0.4, -0.2) is 23.1 Å². The second kappa shape index (κ2) is 8.72. The van der Waals surface area contributed by atoms with Gasteiger partial charge in [-0.3, -0.25) is 19.2 Å². The Morgan fingerprint density at radius 3 is 1.83 bits per heavy atom. The van der Waals surface area contributed by atoms with E-state index in [-0.39, 0.29) is 54.7 Å². The predicted molar refractivity (Wildman–Crippen MR) is 68.2 cm³/mol. The number of Topliss-reactive ketones (excluding diaryl/α,β-unsaturated/α-hetero) is 4. The Morgan fingerprint density at radius 2 is 1.39 bits per heavy atom. The molecule has 0 radical (unpaired) electrons. The van der Waals surface area contributed by atoms with E-state index in [1.807, 2.05) is 6.92 Å². The minimum atomic E-state index is -0.156. The van der Waals surface area contributed by atoms with E-state index in [1.54, 1.807) is 6.92 Å². The van der Waals surface area contributed by atoms with Crippen molar-refractivity contribution in [2.45, 2.75) is 59.3 Å². The minimum Gasteiger partial charge on any atom is -0.300 e. The molecule has 0 bridgehead atoms. The summed E-state index contributed by atoms with van der Waals surface area (Å²) in [7, 11) is 0. The summed E-state index contributed by atoms with van der Waals surface area (Å²) in [4.78, 5) is 44.9. The Hall–Kier alpha value is -1.32. The van der Waals surface area contributed by atoms with Crippen molar-refractivity contribution in [2.75, 3.05) is 0 Å². The van der Waals surface area contributed by atoms with Crippen LogP contribution < -0.4 is 0 Å². The maximum Gasteiger partial charge on any atom is 0.140 e. The molecule has 1 unspecified atom stereocenters. The van der Waals surface area contributed by atoms with Crippen LogP contribution >= 0.6 is 0 Å². The van der Waals surface area contributed by atoms with E-state index in [0.717, 1.165) is 6.42 Å². The van der Waals surface area contributed by atoms with Gasteiger partial charge in [0.25, 0.3) is 0 Å². The molecule has 0 amide bonds. The molecule has 0 aliphatic rings. The second-order valence-corrected chi connectivity index (χ2v) is 4.94. The zero-order valence-corrected chi connectivity index (χ0v) is 11.5. The first kappa shape index (κ1) is 16.7. The lowest BCUT2D eigenvalue weighted by atomic mass is 9.94. The summed E-state index contributed by atoms with van der Waals surface area (Å²) in [6, 6.07) is 0. The van der Waals surface area contributed by atoms with Crippen molar-refractivity contribution in [3.05, 3.63) is 0 Å². The smallest absolute Gasteiger partial charge is 0.140 e. The average Bonchev–Trinajstić information content (AvgIpc) is 2.14. The number of rotatable bonds is 10. The van der Waals surface area contributed by atoms with E-state index in [0.29, 0.717) is 6.42 Å². The maximum absolute atomic E-state index is 11.5.